The summed E-state index contributed by atoms with van der Waals surface area (Å²) < 4.78 is 0. The zero-order valence-electron chi connectivity index (χ0n) is 11.1. The third-order valence-electron chi connectivity index (χ3n) is 3.42. The molecule has 0 saturated carbocycles. The maximum atomic E-state index is 9.45. The number of aromatic nitrogens is 1. The van der Waals surface area contributed by atoms with Gasteiger partial charge in [0.2, 0.25) is 0 Å². The van der Waals surface area contributed by atoms with E-state index in [0.29, 0.717) is 0 Å². The second-order valence-electron chi connectivity index (χ2n) is 4.83. The summed E-state index contributed by atoms with van der Waals surface area (Å²) in [7, 11) is 0. The van der Waals surface area contributed by atoms with E-state index in [2.05, 4.69) is 22.1 Å². The molecule has 1 aliphatic rings. The Bertz CT molecular complexity index is 370. The number of rotatable bonds is 5. The molecule has 2 N–H and O–H groups in total. The van der Waals surface area contributed by atoms with E-state index in [0.717, 1.165) is 37.6 Å². The zero-order chi connectivity index (χ0) is 12.8. The first kappa shape index (κ1) is 13.1. The summed E-state index contributed by atoms with van der Waals surface area (Å²) in [6.45, 7) is 4.30. The van der Waals surface area contributed by atoms with Crippen LogP contribution in [-0.2, 0) is 0 Å². The van der Waals surface area contributed by atoms with Crippen LogP contribution in [0.5, 0.6) is 0 Å². The van der Waals surface area contributed by atoms with Crippen LogP contribution in [0.1, 0.15) is 32.6 Å². The Labute approximate surface area is 109 Å². The Morgan fingerprint density at radius 3 is 3.11 bits per heavy atom. The van der Waals surface area contributed by atoms with Crippen molar-refractivity contribution in [2.24, 2.45) is 0 Å². The second kappa shape index (κ2) is 6.59. The number of hydrogen-bond donors (Lipinski definition) is 2. The molecule has 1 saturated heterocycles. The van der Waals surface area contributed by atoms with Gasteiger partial charge < -0.3 is 15.3 Å². The van der Waals surface area contributed by atoms with Gasteiger partial charge in [-0.2, -0.15) is 0 Å². The first-order valence-electron chi connectivity index (χ1n) is 6.93. The number of nitrogens with one attached hydrogen (secondary N) is 1. The maximum Gasteiger partial charge on any atom is 0.131 e. The van der Waals surface area contributed by atoms with Crippen LogP contribution in [0.2, 0.25) is 0 Å². The fourth-order valence-electron chi connectivity index (χ4n) is 2.43. The Morgan fingerprint density at radius 1 is 1.44 bits per heavy atom. The number of nitrogens with zero attached hydrogens (tertiary/aromatic N) is 2. The van der Waals surface area contributed by atoms with Crippen molar-refractivity contribution >= 4 is 11.6 Å². The van der Waals surface area contributed by atoms with E-state index in [1.807, 2.05) is 18.2 Å². The van der Waals surface area contributed by atoms with Crippen LogP contribution < -0.4 is 10.2 Å². The molecule has 1 unspecified atom stereocenters. The molecule has 1 aliphatic heterocycles. The molecule has 1 fully saturated rings. The molecule has 0 spiro atoms. The highest BCUT2D eigenvalue weighted by atomic mass is 16.3. The maximum absolute atomic E-state index is 9.45. The molecule has 18 heavy (non-hydrogen) atoms. The van der Waals surface area contributed by atoms with Crippen molar-refractivity contribution in [3.8, 4) is 0 Å². The summed E-state index contributed by atoms with van der Waals surface area (Å²) in [6.07, 6.45) is 4.54. The standard InChI is InChI=1S/C14H23N3O/c1-2-9-15-13-7-5-8-14(16-13)17-10-4-3-6-12(17)11-18/h5,7-8,12,18H,2-4,6,9-11H2,1H3,(H,15,16). The summed E-state index contributed by atoms with van der Waals surface area (Å²) in [5, 5.41) is 12.8. The van der Waals surface area contributed by atoms with E-state index in [4.69, 9.17) is 0 Å². The summed E-state index contributed by atoms with van der Waals surface area (Å²) in [4.78, 5) is 6.87. The van der Waals surface area contributed by atoms with Gasteiger partial charge in [-0.3, -0.25) is 0 Å². The van der Waals surface area contributed by atoms with Crippen LogP contribution in [0.3, 0.4) is 0 Å². The Kier molecular flexibility index (Phi) is 4.81. The molecule has 100 valence electrons. The fourth-order valence-corrected chi connectivity index (χ4v) is 2.43. The monoisotopic (exact) mass is 249 g/mol. The molecule has 2 heterocycles. The summed E-state index contributed by atoms with van der Waals surface area (Å²) in [5.41, 5.74) is 0. The van der Waals surface area contributed by atoms with Gasteiger partial charge in [-0.15, -0.1) is 0 Å². The van der Waals surface area contributed by atoms with Gasteiger partial charge in [0.05, 0.1) is 12.6 Å². The minimum atomic E-state index is 0.217. The molecule has 1 aromatic heterocycles. The predicted molar refractivity (Wildman–Crippen MR) is 75.1 cm³/mol. The van der Waals surface area contributed by atoms with Gasteiger partial charge in [-0.05, 0) is 37.8 Å². The first-order valence-corrected chi connectivity index (χ1v) is 6.93. The molecule has 4 nitrogen and oxygen atoms in total. The van der Waals surface area contributed by atoms with Gasteiger partial charge in [0.25, 0.3) is 0 Å². The highest BCUT2D eigenvalue weighted by molar-refractivity contribution is 5.48. The van der Waals surface area contributed by atoms with Gasteiger partial charge in [-0.25, -0.2) is 4.98 Å². The van der Waals surface area contributed by atoms with Crippen LogP contribution in [0.25, 0.3) is 0 Å². The molecular weight excluding hydrogens is 226 g/mol. The minimum Gasteiger partial charge on any atom is -0.394 e. The first-order chi connectivity index (χ1) is 8.85. The van der Waals surface area contributed by atoms with Crippen molar-refractivity contribution < 1.29 is 5.11 Å². The highest BCUT2D eigenvalue weighted by Crippen LogP contribution is 2.23. The number of pyridine rings is 1. The van der Waals surface area contributed by atoms with Crippen LogP contribution in [-0.4, -0.2) is 35.8 Å². The van der Waals surface area contributed by atoms with E-state index in [1.165, 1.54) is 12.8 Å². The number of anilines is 2. The lowest BCUT2D eigenvalue weighted by Crippen LogP contribution is -2.42. The summed E-state index contributed by atoms with van der Waals surface area (Å²) >= 11 is 0. The average molecular weight is 249 g/mol. The molecule has 0 radical (unpaired) electrons. The second-order valence-corrected chi connectivity index (χ2v) is 4.83. The lowest BCUT2D eigenvalue weighted by molar-refractivity contribution is 0.239. The Morgan fingerprint density at radius 2 is 2.33 bits per heavy atom. The van der Waals surface area contributed by atoms with Gasteiger partial charge in [-0.1, -0.05) is 13.0 Å². The van der Waals surface area contributed by atoms with E-state index >= 15 is 0 Å². The quantitative estimate of drug-likeness (QED) is 0.840. The van der Waals surface area contributed by atoms with Crippen LogP contribution in [0, 0.1) is 0 Å². The molecule has 0 aliphatic carbocycles. The average Bonchev–Trinajstić information content (AvgIpc) is 2.45. The molecule has 0 amide bonds. The van der Waals surface area contributed by atoms with Gasteiger partial charge in [0.1, 0.15) is 11.6 Å². The smallest absolute Gasteiger partial charge is 0.131 e. The normalized spacial score (nSPS) is 19.9. The van der Waals surface area contributed by atoms with Crippen molar-refractivity contribution in [3.05, 3.63) is 18.2 Å². The molecule has 0 aromatic carbocycles. The summed E-state index contributed by atoms with van der Waals surface area (Å²) in [6, 6.07) is 6.29. The highest BCUT2D eigenvalue weighted by Gasteiger charge is 2.22. The number of aliphatic hydroxyl groups excluding tert-OH is 1. The van der Waals surface area contributed by atoms with E-state index in [9.17, 15) is 5.11 Å². The molecule has 1 atom stereocenters. The van der Waals surface area contributed by atoms with Crippen molar-refractivity contribution in [1.82, 2.24) is 4.98 Å². The summed E-state index contributed by atoms with van der Waals surface area (Å²) in [5.74, 6) is 1.91. The molecular formula is C14H23N3O. The number of aliphatic hydroxyl groups is 1. The fraction of sp³-hybridized carbons (Fsp3) is 0.643. The lowest BCUT2D eigenvalue weighted by Gasteiger charge is -2.35. The lowest BCUT2D eigenvalue weighted by atomic mass is 10.0. The third-order valence-corrected chi connectivity index (χ3v) is 3.42. The van der Waals surface area contributed by atoms with Crippen LogP contribution in [0.15, 0.2) is 18.2 Å². The number of hydrogen-bond acceptors (Lipinski definition) is 4. The van der Waals surface area contributed by atoms with Gasteiger partial charge in [0.15, 0.2) is 0 Å². The van der Waals surface area contributed by atoms with Crippen molar-refractivity contribution in [1.29, 1.82) is 0 Å². The van der Waals surface area contributed by atoms with E-state index in [1.54, 1.807) is 0 Å². The van der Waals surface area contributed by atoms with Crippen molar-refractivity contribution in [3.63, 3.8) is 0 Å². The zero-order valence-corrected chi connectivity index (χ0v) is 11.1. The Balaban J connectivity index is 2.10. The van der Waals surface area contributed by atoms with E-state index in [-0.39, 0.29) is 12.6 Å². The van der Waals surface area contributed by atoms with Crippen LogP contribution >= 0.6 is 0 Å². The minimum absolute atomic E-state index is 0.217. The van der Waals surface area contributed by atoms with Crippen LogP contribution in [0.4, 0.5) is 11.6 Å². The third kappa shape index (κ3) is 3.13. The van der Waals surface area contributed by atoms with Crippen molar-refractivity contribution in [2.45, 2.75) is 38.6 Å². The molecule has 2 rings (SSSR count). The van der Waals surface area contributed by atoms with Gasteiger partial charge in [0, 0.05) is 13.1 Å². The molecule has 1 aromatic rings. The molecule has 0 bridgehead atoms. The SMILES string of the molecule is CCCNc1cccc(N2CCCCC2CO)n1. The Hall–Kier alpha value is -1.29. The van der Waals surface area contributed by atoms with Gasteiger partial charge >= 0.3 is 0 Å². The number of piperidine rings is 1. The largest absolute Gasteiger partial charge is 0.394 e. The van der Waals surface area contributed by atoms with E-state index < -0.39 is 0 Å². The van der Waals surface area contributed by atoms with Crippen molar-refractivity contribution in [2.75, 3.05) is 29.9 Å². The topological polar surface area (TPSA) is 48.4 Å². The molecule has 4 heteroatoms. The predicted octanol–water partition coefficient (Wildman–Crippen LogP) is 2.25.